The molecule has 0 radical (unpaired) electrons. The van der Waals surface area contributed by atoms with Crippen LogP contribution >= 0.6 is 0 Å². The Bertz CT molecular complexity index is 1190. The molecule has 1 unspecified atom stereocenters. The number of benzene rings is 1. The van der Waals surface area contributed by atoms with Gasteiger partial charge in [-0.15, -0.1) is 0 Å². The van der Waals surface area contributed by atoms with E-state index in [9.17, 15) is 14.3 Å². The maximum Gasteiger partial charge on any atom is 0.320 e. The molecule has 0 saturated heterocycles. The van der Waals surface area contributed by atoms with Crippen molar-refractivity contribution < 1.29 is 19.0 Å². The van der Waals surface area contributed by atoms with Crippen LogP contribution < -0.4 is 10.1 Å². The van der Waals surface area contributed by atoms with Crippen molar-refractivity contribution >= 4 is 22.6 Å². The number of fused-ring (bicyclic) bond motifs is 1. The summed E-state index contributed by atoms with van der Waals surface area (Å²) in [5.41, 5.74) is 3.94. The summed E-state index contributed by atoms with van der Waals surface area (Å²) in [6.07, 6.45) is 6.62. The minimum atomic E-state index is -0.798. The van der Waals surface area contributed by atoms with E-state index in [1.165, 1.54) is 18.5 Å². The third-order valence-corrected chi connectivity index (χ3v) is 6.04. The second-order valence-corrected chi connectivity index (χ2v) is 8.90. The zero-order chi connectivity index (χ0) is 23.5. The van der Waals surface area contributed by atoms with E-state index in [1.807, 2.05) is 19.9 Å². The number of carboxylic acid groups (broad SMARTS) is 1. The molecular weight excluding hydrogens is 423 g/mol. The van der Waals surface area contributed by atoms with Gasteiger partial charge >= 0.3 is 5.97 Å². The molecule has 0 saturated carbocycles. The Balaban J connectivity index is 1.58. The summed E-state index contributed by atoms with van der Waals surface area (Å²) in [4.78, 5) is 23.7. The summed E-state index contributed by atoms with van der Waals surface area (Å²) < 4.78 is 19.4. The first kappa shape index (κ1) is 22.9. The van der Waals surface area contributed by atoms with Crippen LogP contribution in [0.4, 0.5) is 4.39 Å². The van der Waals surface area contributed by atoms with E-state index in [2.05, 4.69) is 26.3 Å². The van der Waals surface area contributed by atoms with Crippen LogP contribution in [0.15, 0.2) is 36.7 Å². The number of ether oxygens (including phenoxy) is 1. The van der Waals surface area contributed by atoms with Crippen LogP contribution in [0.2, 0.25) is 0 Å². The number of methoxy groups -OCH3 is 1. The molecule has 1 aliphatic carbocycles. The molecule has 2 atom stereocenters. The van der Waals surface area contributed by atoms with Gasteiger partial charge in [-0.2, -0.15) is 0 Å². The van der Waals surface area contributed by atoms with Crippen LogP contribution in [0.1, 0.15) is 45.2 Å². The molecule has 2 heterocycles. The number of carboxylic acids is 1. The van der Waals surface area contributed by atoms with Gasteiger partial charge in [0.1, 0.15) is 29.6 Å². The van der Waals surface area contributed by atoms with E-state index in [0.29, 0.717) is 35.0 Å². The van der Waals surface area contributed by atoms with Crippen LogP contribution in [0.25, 0.3) is 27.9 Å². The van der Waals surface area contributed by atoms with Crippen molar-refractivity contribution in [1.82, 2.24) is 20.3 Å². The fraction of sp³-hybridized carbons (Fsp3) is 0.400. The predicted octanol–water partition coefficient (Wildman–Crippen LogP) is 4.80. The largest absolute Gasteiger partial charge is 0.496 e. The van der Waals surface area contributed by atoms with Crippen molar-refractivity contribution in [3.05, 3.63) is 48.2 Å². The number of H-pyrrole nitrogens is 1. The van der Waals surface area contributed by atoms with Gasteiger partial charge in [-0.1, -0.05) is 19.9 Å². The van der Waals surface area contributed by atoms with E-state index < -0.39 is 12.0 Å². The SMILES string of the molecule is COc1ccc(F)cc1-c1ncnc2[nH]c(C3=CCC(N[C@@H](CC(C)C)C(=O)O)CC3)cc12. The lowest BCUT2D eigenvalue weighted by Crippen LogP contribution is -2.44. The zero-order valence-electron chi connectivity index (χ0n) is 19.1. The van der Waals surface area contributed by atoms with Crippen molar-refractivity contribution in [1.29, 1.82) is 0 Å². The van der Waals surface area contributed by atoms with Crippen molar-refractivity contribution in [2.75, 3.05) is 7.11 Å². The number of halogens is 1. The summed E-state index contributed by atoms with van der Waals surface area (Å²) in [6, 6.07) is 5.96. The Morgan fingerprint density at radius 2 is 2.15 bits per heavy atom. The molecule has 8 heteroatoms. The molecular formula is C25H29FN4O3. The van der Waals surface area contributed by atoms with Gasteiger partial charge in [-0.05, 0) is 61.4 Å². The third-order valence-electron chi connectivity index (χ3n) is 6.04. The summed E-state index contributed by atoms with van der Waals surface area (Å²) >= 11 is 0. The molecule has 2 aromatic heterocycles. The Morgan fingerprint density at radius 1 is 1.33 bits per heavy atom. The van der Waals surface area contributed by atoms with Gasteiger partial charge < -0.3 is 20.1 Å². The topological polar surface area (TPSA) is 100 Å². The number of nitrogens with zero attached hydrogens (tertiary/aromatic N) is 2. The normalized spacial score (nSPS) is 17.2. The number of aromatic nitrogens is 3. The molecule has 0 fully saturated rings. The molecule has 174 valence electrons. The number of aromatic amines is 1. The number of aliphatic carboxylic acids is 1. The summed E-state index contributed by atoms with van der Waals surface area (Å²) in [5, 5.41) is 13.6. The van der Waals surface area contributed by atoms with Crippen LogP contribution in [-0.4, -0.2) is 45.2 Å². The number of hydrogen-bond acceptors (Lipinski definition) is 5. The maximum absolute atomic E-state index is 14.0. The lowest BCUT2D eigenvalue weighted by molar-refractivity contribution is -0.140. The molecule has 3 aromatic rings. The fourth-order valence-electron chi connectivity index (χ4n) is 4.42. The van der Waals surface area contributed by atoms with Crippen molar-refractivity contribution in [3.63, 3.8) is 0 Å². The molecule has 1 aliphatic rings. The zero-order valence-corrected chi connectivity index (χ0v) is 19.1. The average molecular weight is 453 g/mol. The smallest absolute Gasteiger partial charge is 0.320 e. The molecule has 33 heavy (non-hydrogen) atoms. The van der Waals surface area contributed by atoms with Gasteiger partial charge in [0.2, 0.25) is 0 Å². The van der Waals surface area contributed by atoms with Gasteiger partial charge in [-0.25, -0.2) is 14.4 Å². The first-order valence-electron chi connectivity index (χ1n) is 11.2. The Morgan fingerprint density at radius 3 is 2.82 bits per heavy atom. The highest BCUT2D eigenvalue weighted by atomic mass is 19.1. The molecule has 3 N–H and O–H groups in total. The molecule has 0 amide bonds. The molecule has 4 rings (SSSR count). The Labute approximate surface area is 192 Å². The number of rotatable bonds is 8. The first-order chi connectivity index (χ1) is 15.9. The van der Waals surface area contributed by atoms with E-state index in [0.717, 1.165) is 35.9 Å². The first-order valence-corrected chi connectivity index (χ1v) is 11.2. The van der Waals surface area contributed by atoms with Gasteiger partial charge in [0.15, 0.2) is 0 Å². The lowest BCUT2D eigenvalue weighted by atomic mass is 9.92. The minimum absolute atomic E-state index is 0.130. The van der Waals surface area contributed by atoms with E-state index >= 15 is 0 Å². The second kappa shape index (κ2) is 9.70. The van der Waals surface area contributed by atoms with Gasteiger partial charge in [0, 0.05) is 22.7 Å². The van der Waals surface area contributed by atoms with Gasteiger partial charge in [0.25, 0.3) is 0 Å². The Hall–Kier alpha value is -3.26. The van der Waals surface area contributed by atoms with Crippen molar-refractivity contribution in [3.8, 4) is 17.0 Å². The van der Waals surface area contributed by atoms with E-state index in [4.69, 9.17) is 4.74 Å². The average Bonchev–Trinajstić information content (AvgIpc) is 3.23. The lowest BCUT2D eigenvalue weighted by Gasteiger charge is -2.27. The number of nitrogens with one attached hydrogen (secondary N) is 2. The quantitative estimate of drug-likeness (QED) is 0.454. The van der Waals surface area contributed by atoms with Crippen LogP contribution in [0.5, 0.6) is 5.75 Å². The second-order valence-electron chi connectivity index (χ2n) is 8.90. The molecule has 0 bridgehead atoms. The maximum atomic E-state index is 14.0. The standard InChI is InChI=1S/C25H29FN4O3/c1-14(2)10-21(25(31)32)29-17-7-4-15(5-8-17)20-12-19-23(27-13-28-24(19)30-20)18-11-16(26)6-9-22(18)33-3/h4,6,9,11-14,17,21,29H,5,7-8,10H2,1-3H3,(H,31,32)(H,27,28,30)/t17?,21-/m0/s1. The number of hydrogen-bond donors (Lipinski definition) is 3. The van der Waals surface area contributed by atoms with Crippen molar-refractivity contribution in [2.24, 2.45) is 5.92 Å². The number of carbonyl (C=O) groups is 1. The Kier molecular flexibility index (Phi) is 6.74. The fourth-order valence-corrected chi connectivity index (χ4v) is 4.42. The highest BCUT2D eigenvalue weighted by molar-refractivity contribution is 5.94. The van der Waals surface area contributed by atoms with E-state index in [-0.39, 0.29) is 11.9 Å². The number of allylic oxidation sites excluding steroid dienone is 1. The predicted molar refractivity (Wildman–Crippen MR) is 125 cm³/mol. The van der Waals surface area contributed by atoms with Crippen LogP contribution in [0, 0.1) is 11.7 Å². The van der Waals surface area contributed by atoms with Gasteiger partial charge in [-0.3, -0.25) is 4.79 Å². The van der Waals surface area contributed by atoms with E-state index in [1.54, 1.807) is 13.2 Å². The molecule has 0 aliphatic heterocycles. The minimum Gasteiger partial charge on any atom is -0.496 e. The molecule has 7 nitrogen and oxygen atoms in total. The highest BCUT2D eigenvalue weighted by Gasteiger charge is 2.25. The van der Waals surface area contributed by atoms with Crippen LogP contribution in [0.3, 0.4) is 0 Å². The monoisotopic (exact) mass is 452 g/mol. The van der Waals surface area contributed by atoms with Crippen molar-refractivity contribution in [2.45, 2.75) is 51.6 Å². The van der Waals surface area contributed by atoms with Crippen LogP contribution in [-0.2, 0) is 4.79 Å². The molecule has 0 spiro atoms. The summed E-state index contributed by atoms with van der Waals surface area (Å²) in [7, 11) is 1.55. The third kappa shape index (κ3) is 5.06. The summed E-state index contributed by atoms with van der Waals surface area (Å²) in [5.74, 6) is -0.307. The highest BCUT2D eigenvalue weighted by Crippen LogP contribution is 2.36. The van der Waals surface area contributed by atoms with Gasteiger partial charge in [0.05, 0.1) is 12.8 Å². The summed E-state index contributed by atoms with van der Waals surface area (Å²) in [6.45, 7) is 4.06. The molecule has 1 aromatic carbocycles.